The van der Waals surface area contributed by atoms with Gasteiger partial charge in [0, 0.05) is 11.6 Å². The summed E-state index contributed by atoms with van der Waals surface area (Å²) in [5, 5.41) is 3.38. The SMILES string of the molecule is CCNC(c1cc(F)ccc1F)C1C2CCCCC21. The molecule has 1 nitrogen and oxygen atoms in total. The van der Waals surface area contributed by atoms with Crippen LogP contribution in [0.3, 0.4) is 0 Å². The number of rotatable bonds is 4. The second-order valence-corrected chi connectivity index (χ2v) is 5.89. The van der Waals surface area contributed by atoms with Gasteiger partial charge in [-0.2, -0.15) is 0 Å². The summed E-state index contributed by atoms with van der Waals surface area (Å²) in [7, 11) is 0. The maximum Gasteiger partial charge on any atom is 0.128 e. The molecule has 3 unspecified atom stereocenters. The van der Waals surface area contributed by atoms with Crippen molar-refractivity contribution in [3.05, 3.63) is 35.4 Å². The van der Waals surface area contributed by atoms with E-state index in [2.05, 4.69) is 5.32 Å². The molecule has 19 heavy (non-hydrogen) atoms. The standard InChI is InChI=1S/C16H21F2N/c1-2-19-16(13-9-10(17)7-8-14(13)18)15-11-5-3-4-6-12(11)15/h7-9,11-12,15-16,19H,2-6H2,1H3. The zero-order valence-electron chi connectivity index (χ0n) is 11.3. The highest BCUT2D eigenvalue weighted by Crippen LogP contribution is 2.60. The normalized spacial score (nSPS) is 30.8. The van der Waals surface area contributed by atoms with Gasteiger partial charge in [-0.3, -0.25) is 0 Å². The molecule has 0 saturated heterocycles. The summed E-state index contributed by atoms with van der Waals surface area (Å²) in [4.78, 5) is 0. The molecule has 2 saturated carbocycles. The van der Waals surface area contributed by atoms with Crippen LogP contribution in [0.5, 0.6) is 0 Å². The van der Waals surface area contributed by atoms with Gasteiger partial charge < -0.3 is 5.32 Å². The van der Waals surface area contributed by atoms with Crippen LogP contribution in [0.2, 0.25) is 0 Å². The average molecular weight is 265 g/mol. The van der Waals surface area contributed by atoms with Gasteiger partial charge in [-0.1, -0.05) is 19.8 Å². The number of fused-ring (bicyclic) bond motifs is 1. The largest absolute Gasteiger partial charge is 0.310 e. The number of hydrogen-bond donors (Lipinski definition) is 1. The summed E-state index contributed by atoms with van der Waals surface area (Å²) in [5.41, 5.74) is 0.515. The Kier molecular flexibility index (Phi) is 3.57. The third-order valence-corrected chi connectivity index (χ3v) is 4.82. The predicted octanol–water partition coefficient (Wildman–Crippen LogP) is 4.05. The molecule has 1 N–H and O–H groups in total. The summed E-state index contributed by atoms with van der Waals surface area (Å²) in [6, 6.07) is 3.80. The van der Waals surface area contributed by atoms with Crippen LogP contribution >= 0.6 is 0 Å². The van der Waals surface area contributed by atoms with Crippen LogP contribution in [0.15, 0.2) is 18.2 Å². The van der Waals surface area contributed by atoms with Gasteiger partial charge in [0.1, 0.15) is 11.6 Å². The fourth-order valence-electron chi connectivity index (χ4n) is 3.97. The van der Waals surface area contributed by atoms with Gasteiger partial charge >= 0.3 is 0 Å². The van der Waals surface area contributed by atoms with E-state index in [9.17, 15) is 8.78 Å². The number of nitrogens with one attached hydrogen (secondary N) is 1. The first-order valence-corrected chi connectivity index (χ1v) is 7.40. The summed E-state index contributed by atoms with van der Waals surface area (Å²) >= 11 is 0. The fourth-order valence-corrected chi connectivity index (χ4v) is 3.97. The highest BCUT2D eigenvalue weighted by Gasteiger charge is 2.54. The summed E-state index contributed by atoms with van der Waals surface area (Å²) in [6.07, 6.45) is 5.10. The Labute approximate surface area is 113 Å². The van der Waals surface area contributed by atoms with E-state index in [-0.39, 0.29) is 17.7 Å². The molecule has 104 valence electrons. The van der Waals surface area contributed by atoms with E-state index in [1.807, 2.05) is 6.92 Å². The van der Waals surface area contributed by atoms with E-state index in [1.54, 1.807) is 0 Å². The smallest absolute Gasteiger partial charge is 0.128 e. The van der Waals surface area contributed by atoms with E-state index in [0.717, 1.165) is 18.4 Å². The minimum Gasteiger partial charge on any atom is -0.310 e. The molecule has 0 aromatic heterocycles. The molecule has 2 aliphatic carbocycles. The van der Waals surface area contributed by atoms with Crippen molar-refractivity contribution >= 4 is 0 Å². The molecule has 0 aliphatic heterocycles. The molecule has 0 heterocycles. The summed E-state index contributed by atoms with van der Waals surface area (Å²) in [5.74, 6) is 1.32. The van der Waals surface area contributed by atoms with Crippen LogP contribution in [-0.4, -0.2) is 6.54 Å². The summed E-state index contributed by atoms with van der Waals surface area (Å²) in [6.45, 7) is 2.81. The molecule has 0 spiro atoms. The Bertz CT molecular complexity index is 448. The van der Waals surface area contributed by atoms with Crippen LogP contribution in [0.25, 0.3) is 0 Å². The number of benzene rings is 1. The van der Waals surface area contributed by atoms with Crippen LogP contribution < -0.4 is 5.32 Å². The Balaban J connectivity index is 1.86. The van der Waals surface area contributed by atoms with E-state index < -0.39 is 0 Å². The molecule has 0 amide bonds. The van der Waals surface area contributed by atoms with Crippen LogP contribution in [0, 0.1) is 29.4 Å². The lowest BCUT2D eigenvalue weighted by Crippen LogP contribution is -2.25. The van der Waals surface area contributed by atoms with Gasteiger partial charge in [0.25, 0.3) is 0 Å². The molecule has 0 radical (unpaired) electrons. The van der Waals surface area contributed by atoms with E-state index >= 15 is 0 Å². The highest BCUT2D eigenvalue weighted by molar-refractivity contribution is 5.26. The predicted molar refractivity (Wildman–Crippen MR) is 71.7 cm³/mol. The topological polar surface area (TPSA) is 12.0 Å². The Morgan fingerprint density at radius 3 is 2.53 bits per heavy atom. The van der Waals surface area contributed by atoms with Crippen molar-refractivity contribution in [2.45, 2.75) is 38.6 Å². The van der Waals surface area contributed by atoms with Gasteiger partial charge in [-0.05, 0) is 55.3 Å². The first-order valence-electron chi connectivity index (χ1n) is 7.40. The van der Waals surface area contributed by atoms with Crippen LogP contribution in [-0.2, 0) is 0 Å². The minimum absolute atomic E-state index is 0.0196. The maximum atomic E-state index is 14.0. The van der Waals surface area contributed by atoms with Crippen molar-refractivity contribution in [3.63, 3.8) is 0 Å². The molecule has 2 aliphatic rings. The van der Waals surface area contributed by atoms with Crippen LogP contribution in [0.1, 0.15) is 44.2 Å². The first-order chi connectivity index (χ1) is 9.22. The third-order valence-electron chi connectivity index (χ3n) is 4.82. The van der Waals surface area contributed by atoms with Crippen molar-refractivity contribution in [1.29, 1.82) is 0 Å². The lowest BCUT2D eigenvalue weighted by atomic mass is 9.99. The molecule has 3 heteroatoms. The monoisotopic (exact) mass is 265 g/mol. The zero-order valence-corrected chi connectivity index (χ0v) is 11.3. The Morgan fingerprint density at radius 2 is 1.89 bits per heavy atom. The molecule has 2 fully saturated rings. The van der Waals surface area contributed by atoms with Gasteiger partial charge in [0.15, 0.2) is 0 Å². The van der Waals surface area contributed by atoms with Gasteiger partial charge in [-0.15, -0.1) is 0 Å². The molecule has 3 atom stereocenters. The first kappa shape index (κ1) is 13.0. The lowest BCUT2D eigenvalue weighted by Gasteiger charge is -2.19. The Hall–Kier alpha value is -0.960. The minimum atomic E-state index is -0.345. The quantitative estimate of drug-likeness (QED) is 0.866. The zero-order chi connectivity index (χ0) is 13.4. The molecular weight excluding hydrogens is 244 g/mol. The lowest BCUT2D eigenvalue weighted by molar-refractivity contribution is 0.433. The van der Waals surface area contributed by atoms with Gasteiger partial charge in [-0.25, -0.2) is 8.78 Å². The maximum absolute atomic E-state index is 14.0. The highest BCUT2D eigenvalue weighted by atomic mass is 19.1. The van der Waals surface area contributed by atoms with E-state index in [4.69, 9.17) is 0 Å². The third kappa shape index (κ3) is 2.40. The van der Waals surface area contributed by atoms with Crippen molar-refractivity contribution in [1.82, 2.24) is 5.32 Å². The molecule has 1 aromatic rings. The molecular formula is C16H21F2N. The fraction of sp³-hybridized carbons (Fsp3) is 0.625. The second kappa shape index (κ2) is 5.20. The van der Waals surface area contributed by atoms with Gasteiger partial charge in [0.05, 0.1) is 0 Å². The van der Waals surface area contributed by atoms with Gasteiger partial charge in [0.2, 0.25) is 0 Å². The van der Waals surface area contributed by atoms with Crippen molar-refractivity contribution < 1.29 is 8.78 Å². The van der Waals surface area contributed by atoms with Crippen molar-refractivity contribution in [2.75, 3.05) is 6.54 Å². The van der Waals surface area contributed by atoms with Crippen molar-refractivity contribution in [3.8, 4) is 0 Å². The van der Waals surface area contributed by atoms with Crippen LogP contribution in [0.4, 0.5) is 8.78 Å². The number of hydrogen-bond acceptors (Lipinski definition) is 1. The average Bonchev–Trinajstić information content (AvgIpc) is 3.13. The molecule has 0 bridgehead atoms. The summed E-state index contributed by atoms with van der Waals surface area (Å²) < 4.78 is 27.4. The molecule has 3 rings (SSSR count). The van der Waals surface area contributed by atoms with E-state index in [1.165, 1.54) is 43.9 Å². The van der Waals surface area contributed by atoms with Crippen molar-refractivity contribution in [2.24, 2.45) is 17.8 Å². The van der Waals surface area contributed by atoms with E-state index in [0.29, 0.717) is 11.5 Å². The Morgan fingerprint density at radius 1 is 1.21 bits per heavy atom. The number of halogens is 2. The molecule has 1 aromatic carbocycles. The second-order valence-electron chi connectivity index (χ2n) is 5.89.